The van der Waals surface area contributed by atoms with Gasteiger partial charge in [-0.25, -0.2) is 0 Å². The fourth-order valence-corrected chi connectivity index (χ4v) is 3.16. The summed E-state index contributed by atoms with van der Waals surface area (Å²) in [7, 11) is 1.09. The van der Waals surface area contributed by atoms with Gasteiger partial charge in [0.05, 0.1) is 0 Å². The Hall–Kier alpha value is -0.200. The van der Waals surface area contributed by atoms with Gasteiger partial charge in [0.2, 0.25) is 0 Å². The fraction of sp³-hybridized carbons (Fsp3) is 0.900. The van der Waals surface area contributed by atoms with Crippen LogP contribution in [0.25, 0.3) is 0 Å². The van der Waals surface area contributed by atoms with E-state index >= 15 is 0 Å². The van der Waals surface area contributed by atoms with E-state index in [-0.39, 0.29) is 0 Å². The van der Waals surface area contributed by atoms with E-state index < -0.39 is 10.8 Å². The molecule has 6 heteroatoms. The van der Waals surface area contributed by atoms with Gasteiger partial charge in [0.15, 0.2) is 5.11 Å². The van der Waals surface area contributed by atoms with Gasteiger partial charge in [0.25, 0.3) is 0 Å². The molecular formula is C10H20N2O2S2. The number of ether oxygens (including phenoxy) is 1. The summed E-state index contributed by atoms with van der Waals surface area (Å²) in [5.41, 5.74) is 0. The van der Waals surface area contributed by atoms with E-state index in [1.807, 2.05) is 0 Å². The molecule has 1 rings (SSSR count). The first-order valence-corrected chi connectivity index (χ1v) is 7.50. The summed E-state index contributed by atoms with van der Waals surface area (Å²) in [6.45, 7) is 1.58. The van der Waals surface area contributed by atoms with Crippen LogP contribution in [0.3, 0.4) is 0 Å². The first kappa shape index (κ1) is 13.9. The molecule has 0 bridgehead atoms. The Kier molecular flexibility index (Phi) is 6.91. The lowest BCUT2D eigenvalue weighted by Crippen LogP contribution is -2.45. The standard InChI is InChI=1S/C10H20N2O2S2/c1-14-6-2-5-11-10(15)12-9-3-7-16(13)8-4-9/h9H,2-8H2,1H3,(H2,11,12,15). The average Bonchev–Trinajstić information content (AvgIpc) is 2.28. The Morgan fingerprint density at radius 1 is 1.50 bits per heavy atom. The first-order valence-electron chi connectivity index (χ1n) is 5.60. The van der Waals surface area contributed by atoms with Crippen molar-refractivity contribution in [2.75, 3.05) is 31.8 Å². The van der Waals surface area contributed by atoms with Crippen molar-refractivity contribution in [3.05, 3.63) is 0 Å². The summed E-state index contributed by atoms with van der Waals surface area (Å²) in [4.78, 5) is 0. The third-order valence-electron chi connectivity index (χ3n) is 2.53. The Bertz CT molecular complexity index is 239. The molecule has 16 heavy (non-hydrogen) atoms. The maximum Gasteiger partial charge on any atom is 0.166 e. The molecule has 0 aromatic carbocycles. The second kappa shape index (κ2) is 7.97. The highest BCUT2D eigenvalue weighted by Crippen LogP contribution is 2.08. The topological polar surface area (TPSA) is 50.4 Å². The number of rotatable bonds is 5. The van der Waals surface area contributed by atoms with Crippen LogP contribution >= 0.6 is 12.2 Å². The molecular weight excluding hydrogens is 244 g/mol. The number of nitrogens with one attached hydrogen (secondary N) is 2. The van der Waals surface area contributed by atoms with Gasteiger partial charge in [-0.1, -0.05) is 0 Å². The van der Waals surface area contributed by atoms with E-state index in [1.54, 1.807) is 7.11 Å². The lowest BCUT2D eigenvalue weighted by Gasteiger charge is -2.24. The molecule has 2 N–H and O–H groups in total. The van der Waals surface area contributed by atoms with Gasteiger partial charge in [-0.05, 0) is 31.5 Å². The highest BCUT2D eigenvalue weighted by atomic mass is 32.2. The van der Waals surface area contributed by atoms with E-state index in [2.05, 4.69) is 10.6 Å². The Morgan fingerprint density at radius 3 is 2.81 bits per heavy atom. The predicted molar refractivity (Wildman–Crippen MR) is 71.1 cm³/mol. The number of hydrogen-bond acceptors (Lipinski definition) is 3. The Labute approximate surface area is 105 Å². The number of hydrogen-bond donors (Lipinski definition) is 2. The van der Waals surface area contributed by atoms with E-state index in [1.165, 1.54) is 0 Å². The summed E-state index contributed by atoms with van der Waals surface area (Å²) in [6.07, 6.45) is 2.85. The maximum absolute atomic E-state index is 11.2. The third-order valence-corrected chi connectivity index (χ3v) is 4.18. The van der Waals surface area contributed by atoms with Crippen LogP contribution in [-0.2, 0) is 15.5 Å². The lowest BCUT2D eigenvalue weighted by atomic mass is 10.2. The van der Waals surface area contributed by atoms with Crippen LogP contribution in [0, 0.1) is 0 Å². The molecule has 0 amide bonds. The molecule has 1 saturated heterocycles. The van der Waals surface area contributed by atoms with Gasteiger partial charge in [-0.2, -0.15) is 0 Å². The van der Waals surface area contributed by atoms with Crippen LogP contribution in [-0.4, -0.2) is 47.1 Å². The van der Waals surface area contributed by atoms with E-state index in [4.69, 9.17) is 17.0 Å². The Balaban J connectivity index is 2.07. The number of thiocarbonyl (C=S) groups is 1. The number of methoxy groups -OCH3 is 1. The maximum atomic E-state index is 11.2. The van der Waals surface area contributed by atoms with Crippen LogP contribution in [0.1, 0.15) is 19.3 Å². The molecule has 0 aliphatic carbocycles. The van der Waals surface area contributed by atoms with Gasteiger partial charge in [0.1, 0.15) is 0 Å². The van der Waals surface area contributed by atoms with Crippen molar-refractivity contribution in [1.29, 1.82) is 0 Å². The zero-order valence-electron chi connectivity index (χ0n) is 9.66. The van der Waals surface area contributed by atoms with Crippen molar-refractivity contribution in [3.8, 4) is 0 Å². The van der Waals surface area contributed by atoms with E-state index in [0.717, 1.165) is 43.9 Å². The molecule has 1 fully saturated rings. The SMILES string of the molecule is COCCCNC(=S)NC1CCS(=O)CC1. The second-order valence-corrected chi connectivity index (χ2v) is 5.97. The highest BCUT2D eigenvalue weighted by molar-refractivity contribution is 7.85. The quantitative estimate of drug-likeness (QED) is 0.556. The largest absolute Gasteiger partial charge is 0.385 e. The summed E-state index contributed by atoms with van der Waals surface area (Å²) >= 11 is 5.17. The van der Waals surface area contributed by atoms with Crippen molar-refractivity contribution in [3.63, 3.8) is 0 Å². The lowest BCUT2D eigenvalue weighted by molar-refractivity contribution is 0.195. The van der Waals surface area contributed by atoms with Crippen LogP contribution in [0.4, 0.5) is 0 Å². The highest BCUT2D eigenvalue weighted by Gasteiger charge is 2.17. The molecule has 0 unspecified atom stereocenters. The minimum atomic E-state index is -0.604. The fourth-order valence-electron chi connectivity index (χ4n) is 1.59. The third kappa shape index (κ3) is 5.77. The molecule has 4 nitrogen and oxygen atoms in total. The van der Waals surface area contributed by atoms with Gasteiger partial charge >= 0.3 is 0 Å². The summed E-state index contributed by atoms with van der Waals surface area (Å²) in [6, 6.07) is 0.389. The van der Waals surface area contributed by atoms with Crippen LogP contribution in [0.2, 0.25) is 0 Å². The second-order valence-electron chi connectivity index (χ2n) is 3.87. The smallest absolute Gasteiger partial charge is 0.166 e. The van der Waals surface area contributed by atoms with Crippen LogP contribution in [0.5, 0.6) is 0 Å². The molecule has 0 saturated carbocycles. The monoisotopic (exact) mass is 264 g/mol. The van der Waals surface area contributed by atoms with Crippen molar-refractivity contribution in [1.82, 2.24) is 10.6 Å². The van der Waals surface area contributed by atoms with Gasteiger partial charge in [0, 0.05) is 48.6 Å². The molecule has 0 radical (unpaired) electrons. The minimum Gasteiger partial charge on any atom is -0.385 e. The summed E-state index contributed by atoms with van der Waals surface area (Å²) < 4.78 is 16.1. The van der Waals surface area contributed by atoms with E-state index in [9.17, 15) is 4.21 Å². The first-order chi connectivity index (χ1) is 7.72. The normalized spacial score (nSPS) is 25.1. The summed E-state index contributed by atoms with van der Waals surface area (Å²) in [5, 5.41) is 7.10. The molecule has 1 aliphatic heterocycles. The van der Waals surface area contributed by atoms with Crippen molar-refractivity contribution in [2.45, 2.75) is 25.3 Å². The minimum absolute atomic E-state index is 0.389. The Morgan fingerprint density at radius 2 is 2.19 bits per heavy atom. The molecule has 0 aromatic heterocycles. The zero-order valence-corrected chi connectivity index (χ0v) is 11.3. The molecule has 0 spiro atoms. The molecule has 1 heterocycles. The zero-order chi connectivity index (χ0) is 11.8. The van der Waals surface area contributed by atoms with Gasteiger partial charge in [-0.3, -0.25) is 4.21 Å². The van der Waals surface area contributed by atoms with Crippen LogP contribution < -0.4 is 10.6 Å². The summed E-state index contributed by atoms with van der Waals surface area (Å²) in [5.74, 6) is 1.59. The molecule has 1 aliphatic rings. The van der Waals surface area contributed by atoms with E-state index in [0.29, 0.717) is 11.2 Å². The molecule has 0 aromatic rings. The predicted octanol–water partition coefficient (Wildman–Crippen LogP) is 0.398. The average molecular weight is 264 g/mol. The van der Waals surface area contributed by atoms with Crippen molar-refractivity contribution in [2.24, 2.45) is 0 Å². The molecule has 94 valence electrons. The van der Waals surface area contributed by atoms with Gasteiger partial charge < -0.3 is 15.4 Å². The molecule has 0 atom stereocenters. The van der Waals surface area contributed by atoms with Gasteiger partial charge in [-0.15, -0.1) is 0 Å². The van der Waals surface area contributed by atoms with Crippen LogP contribution in [0.15, 0.2) is 0 Å². The van der Waals surface area contributed by atoms with Crippen molar-refractivity contribution >= 4 is 28.1 Å². The van der Waals surface area contributed by atoms with Crippen molar-refractivity contribution < 1.29 is 8.95 Å².